The third-order valence-electron chi connectivity index (χ3n) is 3.89. The largest absolute Gasteiger partial charge is 0.349 e. The average molecular weight is 345 g/mol. The highest BCUT2D eigenvalue weighted by Gasteiger charge is 2.17. The Kier molecular flexibility index (Phi) is 4.97. The van der Waals surface area contributed by atoms with E-state index in [9.17, 15) is 9.18 Å². The van der Waals surface area contributed by atoms with Gasteiger partial charge in [-0.05, 0) is 37.7 Å². The van der Waals surface area contributed by atoms with Crippen LogP contribution in [0.1, 0.15) is 16.1 Å². The highest BCUT2D eigenvalue weighted by Crippen LogP contribution is 2.26. The molecule has 0 fully saturated rings. The molecule has 0 bridgehead atoms. The van der Waals surface area contributed by atoms with E-state index >= 15 is 0 Å². The highest BCUT2D eigenvalue weighted by atomic mass is 32.1. The van der Waals surface area contributed by atoms with Crippen LogP contribution < -0.4 is 5.32 Å². The molecule has 126 valence electrons. The lowest BCUT2D eigenvalue weighted by atomic mass is 10.2. The number of hydrogen-bond donors (Lipinski definition) is 1. The standard InChI is InChI=1S/C18H20FN3OS/c1-21(2)9-8-20-18(23)16-11-17-15(7-10-24-17)22(16)12-13-5-3-4-6-14(13)19/h3-7,10-11H,8-9,12H2,1-2H3,(H,20,23). The summed E-state index contributed by atoms with van der Waals surface area (Å²) in [5, 5.41) is 4.91. The Bertz CT molecular complexity index is 853. The van der Waals surface area contributed by atoms with Gasteiger partial charge in [0.1, 0.15) is 11.5 Å². The van der Waals surface area contributed by atoms with Crippen molar-refractivity contribution in [3.63, 3.8) is 0 Å². The van der Waals surface area contributed by atoms with Crippen molar-refractivity contribution < 1.29 is 9.18 Å². The second-order valence-corrected chi connectivity index (χ2v) is 6.88. The second-order valence-electron chi connectivity index (χ2n) is 5.94. The predicted molar refractivity (Wildman–Crippen MR) is 96.2 cm³/mol. The molecule has 4 nitrogen and oxygen atoms in total. The number of amides is 1. The third kappa shape index (κ3) is 3.49. The average Bonchev–Trinajstić information content (AvgIpc) is 3.11. The smallest absolute Gasteiger partial charge is 0.268 e. The van der Waals surface area contributed by atoms with Crippen LogP contribution in [0.3, 0.4) is 0 Å². The van der Waals surface area contributed by atoms with Gasteiger partial charge in [-0.15, -0.1) is 11.3 Å². The number of aromatic nitrogens is 1. The number of carbonyl (C=O) groups is 1. The molecule has 0 spiro atoms. The van der Waals surface area contributed by atoms with Gasteiger partial charge in [-0.25, -0.2) is 4.39 Å². The fraction of sp³-hybridized carbons (Fsp3) is 0.278. The molecule has 0 aliphatic carbocycles. The van der Waals surface area contributed by atoms with Gasteiger partial charge in [-0.1, -0.05) is 18.2 Å². The lowest BCUT2D eigenvalue weighted by molar-refractivity contribution is 0.0942. The molecule has 0 aliphatic heterocycles. The molecule has 2 aromatic heterocycles. The van der Waals surface area contributed by atoms with Crippen molar-refractivity contribution in [1.82, 2.24) is 14.8 Å². The van der Waals surface area contributed by atoms with Gasteiger partial charge in [0.05, 0.1) is 16.8 Å². The monoisotopic (exact) mass is 345 g/mol. The van der Waals surface area contributed by atoms with Gasteiger partial charge >= 0.3 is 0 Å². The van der Waals surface area contributed by atoms with Crippen LogP contribution in [0.2, 0.25) is 0 Å². The van der Waals surface area contributed by atoms with E-state index in [1.165, 1.54) is 6.07 Å². The summed E-state index contributed by atoms with van der Waals surface area (Å²) in [6.07, 6.45) is 0. The predicted octanol–water partition coefficient (Wildman–Crippen LogP) is 3.18. The molecule has 0 atom stereocenters. The number of rotatable bonds is 6. The van der Waals surface area contributed by atoms with Crippen LogP contribution in [-0.4, -0.2) is 42.6 Å². The van der Waals surface area contributed by atoms with E-state index in [4.69, 9.17) is 0 Å². The quantitative estimate of drug-likeness (QED) is 0.745. The van der Waals surface area contributed by atoms with Crippen molar-refractivity contribution in [2.45, 2.75) is 6.54 Å². The number of halogens is 1. The van der Waals surface area contributed by atoms with E-state index in [-0.39, 0.29) is 11.7 Å². The zero-order chi connectivity index (χ0) is 17.1. The molecule has 6 heteroatoms. The number of likely N-dealkylation sites (N-methyl/N-ethyl adjacent to an activating group) is 1. The zero-order valence-corrected chi connectivity index (χ0v) is 14.6. The van der Waals surface area contributed by atoms with Crippen molar-refractivity contribution in [2.75, 3.05) is 27.2 Å². The lowest BCUT2D eigenvalue weighted by Crippen LogP contribution is -2.32. The summed E-state index contributed by atoms with van der Waals surface area (Å²) in [5.41, 5.74) is 2.10. The SMILES string of the molecule is CN(C)CCNC(=O)c1cc2sccc2n1Cc1ccccc1F. The molecular formula is C18H20FN3OS. The maximum atomic E-state index is 14.0. The van der Waals surface area contributed by atoms with Crippen molar-refractivity contribution >= 4 is 27.5 Å². The van der Waals surface area contributed by atoms with E-state index in [2.05, 4.69) is 5.32 Å². The van der Waals surface area contributed by atoms with E-state index in [0.717, 1.165) is 16.8 Å². The molecular weight excluding hydrogens is 325 g/mol. The summed E-state index contributed by atoms with van der Waals surface area (Å²) in [4.78, 5) is 14.6. The summed E-state index contributed by atoms with van der Waals surface area (Å²) in [6, 6.07) is 10.5. The summed E-state index contributed by atoms with van der Waals surface area (Å²) in [6.45, 7) is 1.68. The summed E-state index contributed by atoms with van der Waals surface area (Å²) >= 11 is 1.58. The van der Waals surface area contributed by atoms with E-state index < -0.39 is 0 Å². The van der Waals surface area contributed by atoms with Gasteiger partial charge in [0.2, 0.25) is 0 Å². The van der Waals surface area contributed by atoms with Crippen LogP contribution in [0.4, 0.5) is 4.39 Å². The number of fused-ring (bicyclic) bond motifs is 1. The van der Waals surface area contributed by atoms with Crippen molar-refractivity contribution in [3.05, 3.63) is 58.9 Å². The Hall–Kier alpha value is -2.18. The first-order chi connectivity index (χ1) is 11.6. The van der Waals surface area contributed by atoms with E-state index in [1.807, 2.05) is 47.1 Å². The van der Waals surface area contributed by atoms with Gasteiger partial charge in [0.15, 0.2) is 0 Å². The van der Waals surface area contributed by atoms with Gasteiger partial charge in [0, 0.05) is 18.7 Å². The number of thiophene rings is 1. The van der Waals surface area contributed by atoms with E-state index in [1.54, 1.807) is 23.5 Å². The van der Waals surface area contributed by atoms with Crippen LogP contribution in [0.5, 0.6) is 0 Å². The molecule has 0 unspecified atom stereocenters. The van der Waals surface area contributed by atoms with Crippen LogP contribution in [0.15, 0.2) is 41.8 Å². The Morgan fingerprint density at radius 1 is 1.29 bits per heavy atom. The first-order valence-electron chi connectivity index (χ1n) is 7.79. The normalized spacial score (nSPS) is 11.3. The first-order valence-corrected chi connectivity index (χ1v) is 8.67. The van der Waals surface area contributed by atoms with Gasteiger partial charge in [-0.2, -0.15) is 0 Å². The van der Waals surface area contributed by atoms with Crippen molar-refractivity contribution in [3.8, 4) is 0 Å². The van der Waals surface area contributed by atoms with Crippen LogP contribution in [0.25, 0.3) is 10.2 Å². The van der Waals surface area contributed by atoms with Crippen molar-refractivity contribution in [1.29, 1.82) is 0 Å². The van der Waals surface area contributed by atoms with Gasteiger partial charge in [0.25, 0.3) is 5.91 Å². The number of carbonyl (C=O) groups excluding carboxylic acids is 1. The van der Waals surface area contributed by atoms with Crippen LogP contribution in [-0.2, 0) is 6.54 Å². The zero-order valence-electron chi connectivity index (χ0n) is 13.8. The Labute approximate surface area is 144 Å². The fourth-order valence-electron chi connectivity index (χ4n) is 2.62. The Morgan fingerprint density at radius 3 is 2.83 bits per heavy atom. The lowest BCUT2D eigenvalue weighted by Gasteiger charge is -2.13. The minimum atomic E-state index is -0.256. The molecule has 3 aromatic rings. The summed E-state index contributed by atoms with van der Waals surface area (Å²) in [7, 11) is 3.92. The maximum absolute atomic E-state index is 14.0. The molecule has 24 heavy (non-hydrogen) atoms. The maximum Gasteiger partial charge on any atom is 0.268 e. The molecule has 3 rings (SSSR count). The number of benzene rings is 1. The number of nitrogens with zero attached hydrogens (tertiary/aromatic N) is 2. The topological polar surface area (TPSA) is 37.3 Å². The molecule has 1 N–H and O–H groups in total. The molecule has 0 saturated carbocycles. The van der Waals surface area contributed by atoms with Crippen LogP contribution >= 0.6 is 11.3 Å². The third-order valence-corrected chi connectivity index (χ3v) is 4.74. The molecule has 1 aromatic carbocycles. The molecule has 0 radical (unpaired) electrons. The van der Waals surface area contributed by atoms with Crippen LogP contribution in [0, 0.1) is 5.82 Å². The fourth-order valence-corrected chi connectivity index (χ4v) is 3.44. The Balaban J connectivity index is 1.89. The minimum Gasteiger partial charge on any atom is -0.349 e. The van der Waals surface area contributed by atoms with Crippen molar-refractivity contribution in [2.24, 2.45) is 0 Å². The van der Waals surface area contributed by atoms with Gasteiger partial charge < -0.3 is 14.8 Å². The number of nitrogens with one attached hydrogen (secondary N) is 1. The molecule has 1 amide bonds. The number of hydrogen-bond acceptors (Lipinski definition) is 3. The Morgan fingerprint density at radius 2 is 2.08 bits per heavy atom. The van der Waals surface area contributed by atoms with E-state index in [0.29, 0.717) is 24.3 Å². The highest BCUT2D eigenvalue weighted by molar-refractivity contribution is 7.17. The minimum absolute atomic E-state index is 0.128. The summed E-state index contributed by atoms with van der Waals surface area (Å²) < 4.78 is 16.9. The molecule has 0 saturated heterocycles. The second kappa shape index (κ2) is 7.15. The van der Waals surface area contributed by atoms with Gasteiger partial charge in [-0.3, -0.25) is 4.79 Å². The first kappa shape index (κ1) is 16.7. The summed E-state index contributed by atoms with van der Waals surface area (Å²) in [5.74, 6) is -0.384. The molecule has 2 heterocycles. The molecule has 0 aliphatic rings.